The van der Waals surface area contributed by atoms with E-state index in [-0.39, 0.29) is 30.6 Å². The Hall–Kier alpha value is -3.67. The molecule has 3 aromatic rings. The number of rotatable bonds is 6. The molecular formula is C23H20N2O4. The lowest BCUT2D eigenvalue weighted by Gasteiger charge is -2.14. The molecule has 3 amide bonds. The van der Waals surface area contributed by atoms with Gasteiger partial charge in [-0.3, -0.25) is 19.3 Å². The average Bonchev–Trinajstić information content (AvgIpc) is 3.09. The fraction of sp³-hybridized carbons (Fsp3) is 0.174. The minimum absolute atomic E-state index is 0.210. The smallest absolute Gasteiger partial charge is 0.251 e. The zero-order valence-electron chi connectivity index (χ0n) is 15.8. The zero-order valence-corrected chi connectivity index (χ0v) is 15.8. The first-order chi connectivity index (χ1) is 14.1. The number of nitrogens with zero attached hydrogens (tertiary/aromatic N) is 1. The van der Waals surface area contributed by atoms with E-state index >= 15 is 0 Å². The van der Waals surface area contributed by atoms with Crippen LogP contribution in [0.1, 0.15) is 23.2 Å². The number of carbonyl (C=O) groups excluding carboxylic acids is 3. The van der Waals surface area contributed by atoms with Crippen LogP contribution < -0.4 is 15.0 Å². The van der Waals surface area contributed by atoms with Crippen LogP contribution in [0.3, 0.4) is 0 Å². The maximum atomic E-state index is 12.3. The molecule has 1 aliphatic rings. The first kappa shape index (κ1) is 18.7. The van der Waals surface area contributed by atoms with Crippen molar-refractivity contribution in [3.05, 3.63) is 72.3 Å². The first-order valence-electron chi connectivity index (χ1n) is 9.47. The number of hydrogen-bond donors (Lipinski definition) is 1. The third kappa shape index (κ3) is 4.11. The normalized spacial score (nSPS) is 13.7. The van der Waals surface area contributed by atoms with Crippen LogP contribution in [0.2, 0.25) is 0 Å². The topological polar surface area (TPSA) is 75.7 Å². The summed E-state index contributed by atoms with van der Waals surface area (Å²) in [7, 11) is 0. The van der Waals surface area contributed by atoms with Gasteiger partial charge in [-0.1, -0.05) is 30.3 Å². The zero-order chi connectivity index (χ0) is 20.2. The lowest BCUT2D eigenvalue weighted by atomic mass is 10.1. The Morgan fingerprint density at radius 3 is 2.31 bits per heavy atom. The monoisotopic (exact) mass is 388 g/mol. The van der Waals surface area contributed by atoms with Crippen molar-refractivity contribution in [1.29, 1.82) is 0 Å². The van der Waals surface area contributed by atoms with Gasteiger partial charge in [-0.15, -0.1) is 0 Å². The van der Waals surface area contributed by atoms with Gasteiger partial charge in [0.1, 0.15) is 12.4 Å². The van der Waals surface area contributed by atoms with Crippen LogP contribution in [0.5, 0.6) is 5.75 Å². The number of fused-ring (bicyclic) bond motifs is 1. The number of imide groups is 1. The van der Waals surface area contributed by atoms with Gasteiger partial charge >= 0.3 is 0 Å². The van der Waals surface area contributed by atoms with Crippen molar-refractivity contribution in [3.8, 4) is 5.75 Å². The molecule has 146 valence electrons. The standard InChI is InChI=1S/C23H20N2O4/c26-21-11-12-22(27)25(21)19-8-5-17(6-9-19)23(28)24-13-14-29-20-10-7-16-3-1-2-4-18(16)15-20/h1-10,15H,11-14H2,(H,24,28). The van der Waals surface area contributed by atoms with Gasteiger partial charge in [0.25, 0.3) is 5.91 Å². The third-order valence-corrected chi connectivity index (χ3v) is 4.82. The number of benzene rings is 3. The van der Waals surface area contributed by atoms with Gasteiger partial charge in [-0.25, -0.2) is 0 Å². The number of anilines is 1. The molecule has 1 saturated heterocycles. The molecule has 0 aromatic heterocycles. The van der Waals surface area contributed by atoms with Crippen LogP contribution in [0.15, 0.2) is 66.7 Å². The Morgan fingerprint density at radius 1 is 0.897 bits per heavy atom. The Balaban J connectivity index is 1.29. The molecule has 1 fully saturated rings. The summed E-state index contributed by atoms with van der Waals surface area (Å²) in [5.41, 5.74) is 0.951. The van der Waals surface area contributed by atoms with Crippen molar-refractivity contribution < 1.29 is 19.1 Å². The van der Waals surface area contributed by atoms with E-state index in [9.17, 15) is 14.4 Å². The Kier molecular flexibility index (Phi) is 5.24. The van der Waals surface area contributed by atoms with Crippen LogP contribution in [0, 0.1) is 0 Å². The molecule has 0 bridgehead atoms. The highest BCUT2D eigenvalue weighted by Crippen LogP contribution is 2.23. The molecule has 6 nitrogen and oxygen atoms in total. The molecule has 6 heteroatoms. The molecule has 1 N–H and O–H groups in total. The van der Waals surface area contributed by atoms with Gasteiger partial charge in [0.2, 0.25) is 11.8 Å². The summed E-state index contributed by atoms with van der Waals surface area (Å²) in [6.07, 6.45) is 0.469. The maximum absolute atomic E-state index is 12.3. The van der Waals surface area contributed by atoms with Crippen molar-refractivity contribution in [1.82, 2.24) is 5.32 Å². The summed E-state index contributed by atoms with van der Waals surface area (Å²) in [5, 5.41) is 5.05. The summed E-state index contributed by atoms with van der Waals surface area (Å²) in [6, 6.07) is 20.3. The molecule has 29 heavy (non-hydrogen) atoms. The molecule has 3 aromatic carbocycles. The molecule has 0 spiro atoms. The minimum Gasteiger partial charge on any atom is -0.492 e. The highest BCUT2D eigenvalue weighted by atomic mass is 16.5. The Bertz CT molecular complexity index is 1060. The van der Waals surface area contributed by atoms with Gasteiger partial charge in [-0.2, -0.15) is 0 Å². The molecule has 0 radical (unpaired) electrons. The van der Waals surface area contributed by atoms with E-state index in [1.54, 1.807) is 24.3 Å². The summed E-state index contributed by atoms with van der Waals surface area (Å²) in [6.45, 7) is 0.704. The second kappa shape index (κ2) is 8.14. The molecule has 0 aliphatic carbocycles. The van der Waals surface area contributed by atoms with E-state index in [2.05, 4.69) is 5.32 Å². The predicted octanol–water partition coefficient (Wildman–Crippen LogP) is 3.30. The van der Waals surface area contributed by atoms with E-state index in [0.717, 1.165) is 16.5 Å². The fourth-order valence-corrected chi connectivity index (χ4v) is 3.32. The number of amides is 3. The number of hydrogen-bond acceptors (Lipinski definition) is 4. The number of ether oxygens (including phenoxy) is 1. The third-order valence-electron chi connectivity index (χ3n) is 4.82. The lowest BCUT2D eigenvalue weighted by molar-refractivity contribution is -0.121. The van der Waals surface area contributed by atoms with E-state index in [4.69, 9.17) is 4.74 Å². The van der Waals surface area contributed by atoms with Gasteiger partial charge in [-0.05, 0) is 47.2 Å². The van der Waals surface area contributed by atoms with Crippen molar-refractivity contribution in [2.24, 2.45) is 0 Å². The second-order valence-electron chi connectivity index (χ2n) is 6.78. The highest BCUT2D eigenvalue weighted by molar-refractivity contribution is 6.19. The SMILES string of the molecule is O=C(NCCOc1ccc2ccccc2c1)c1ccc(N2C(=O)CCC2=O)cc1. The lowest BCUT2D eigenvalue weighted by Crippen LogP contribution is -2.29. The van der Waals surface area contributed by atoms with Gasteiger partial charge in [0.15, 0.2) is 0 Å². The van der Waals surface area contributed by atoms with Crippen LogP contribution in [0.25, 0.3) is 10.8 Å². The summed E-state index contributed by atoms with van der Waals surface area (Å²) < 4.78 is 5.71. The molecule has 4 rings (SSSR count). The highest BCUT2D eigenvalue weighted by Gasteiger charge is 2.30. The molecule has 0 saturated carbocycles. The molecule has 0 unspecified atom stereocenters. The first-order valence-corrected chi connectivity index (χ1v) is 9.47. The van der Waals surface area contributed by atoms with Crippen LogP contribution in [0.4, 0.5) is 5.69 Å². The van der Waals surface area contributed by atoms with Crippen molar-refractivity contribution in [2.75, 3.05) is 18.1 Å². The van der Waals surface area contributed by atoms with Gasteiger partial charge in [0, 0.05) is 18.4 Å². The fourth-order valence-electron chi connectivity index (χ4n) is 3.32. The summed E-state index contributed by atoms with van der Waals surface area (Å²) in [4.78, 5) is 37.0. The van der Waals surface area contributed by atoms with Crippen molar-refractivity contribution >= 4 is 34.2 Å². The quantitative estimate of drug-likeness (QED) is 0.519. The molecule has 1 aliphatic heterocycles. The van der Waals surface area contributed by atoms with Gasteiger partial charge in [0.05, 0.1) is 12.2 Å². The van der Waals surface area contributed by atoms with Crippen LogP contribution >= 0.6 is 0 Å². The van der Waals surface area contributed by atoms with Crippen LogP contribution in [-0.4, -0.2) is 30.9 Å². The van der Waals surface area contributed by atoms with Gasteiger partial charge < -0.3 is 10.1 Å². The number of carbonyl (C=O) groups is 3. The molecule has 0 atom stereocenters. The van der Waals surface area contributed by atoms with Crippen LogP contribution in [-0.2, 0) is 9.59 Å². The summed E-state index contributed by atoms with van der Waals surface area (Å²) >= 11 is 0. The molecular weight excluding hydrogens is 368 g/mol. The van der Waals surface area contributed by atoms with E-state index in [1.165, 1.54) is 4.90 Å². The molecule has 1 heterocycles. The second-order valence-corrected chi connectivity index (χ2v) is 6.78. The average molecular weight is 388 g/mol. The van der Waals surface area contributed by atoms with E-state index < -0.39 is 0 Å². The largest absolute Gasteiger partial charge is 0.492 e. The van der Waals surface area contributed by atoms with E-state index in [0.29, 0.717) is 24.4 Å². The number of nitrogens with one attached hydrogen (secondary N) is 1. The maximum Gasteiger partial charge on any atom is 0.251 e. The Morgan fingerprint density at radius 2 is 1.59 bits per heavy atom. The minimum atomic E-state index is -0.238. The Labute approximate surface area is 168 Å². The van der Waals surface area contributed by atoms with Crippen molar-refractivity contribution in [3.63, 3.8) is 0 Å². The van der Waals surface area contributed by atoms with E-state index in [1.807, 2.05) is 42.5 Å². The summed E-state index contributed by atoms with van der Waals surface area (Å²) in [5.74, 6) is 0.0936. The predicted molar refractivity (Wildman–Crippen MR) is 110 cm³/mol. The van der Waals surface area contributed by atoms with Crippen molar-refractivity contribution in [2.45, 2.75) is 12.8 Å².